The molecule has 0 saturated heterocycles. The highest BCUT2D eigenvalue weighted by atomic mass is 79.9. The van der Waals surface area contributed by atoms with Crippen molar-refractivity contribution in [2.75, 3.05) is 14.2 Å². The Bertz CT molecular complexity index is 1010. The number of aromatic nitrogens is 3. The summed E-state index contributed by atoms with van der Waals surface area (Å²) in [6.45, 7) is 0. The Hall–Kier alpha value is -1.91. The monoisotopic (exact) mass is 513 g/mol. The summed E-state index contributed by atoms with van der Waals surface area (Å²) in [6.07, 6.45) is 0. The van der Waals surface area contributed by atoms with Crippen molar-refractivity contribution in [3.05, 3.63) is 45.6 Å². The fourth-order valence-electron chi connectivity index (χ4n) is 2.48. The number of rotatable bonds is 5. The number of hydrogen-bond acceptors (Lipinski definition) is 7. The van der Waals surface area contributed by atoms with Crippen molar-refractivity contribution in [3.8, 4) is 5.69 Å². The summed E-state index contributed by atoms with van der Waals surface area (Å²) in [4.78, 5) is 24.0. The number of methoxy groups -OCH3 is 2. The van der Waals surface area contributed by atoms with Gasteiger partial charge in [-0.25, -0.2) is 0 Å². The molecule has 0 aliphatic heterocycles. The highest BCUT2D eigenvalue weighted by Gasteiger charge is 2.32. The van der Waals surface area contributed by atoms with Gasteiger partial charge in [0.05, 0.1) is 19.9 Å². The molecule has 7 nitrogen and oxygen atoms in total. The molecule has 0 N–H and O–H groups in total. The van der Waals surface area contributed by atoms with E-state index in [1.54, 1.807) is 4.57 Å². The van der Waals surface area contributed by atoms with E-state index in [0.717, 1.165) is 32.7 Å². The topological polar surface area (TPSA) is 83.3 Å². The molecule has 0 radical (unpaired) electrons. The molecule has 27 heavy (non-hydrogen) atoms. The molecule has 140 valence electrons. The van der Waals surface area contributed by atoms with Crippen LogP contribution in [0.15, 0.2) is 50.8 Å². The number of hydrogen-bond donors (Lipinski definition) is 0. The largest absolute Gasteiger partial charge is 0.468 e. The van der Waals surface area contributed by atoms with Crippen LogP contribution in [0.1, 0.15) is 0 Å². The lowest BCUT2D eigenvalue weighted by molar-refractivity contribution is -0.150. The first-order valence-corrected chi connectivity index (χ1v) is 10.0. The molecule has 0 saturated carbocycles. The molecule has 0 amide bonds. The predicted octanol–water partition coefficient (Wildman–Crippen LogP) is 3.75. The van der Waals surface area contributed by atoms with Gasteiger partial charge in [-0.3, -0.25) is 14.2 Å². The van der Waals surface area contributed by atoms with Gasteiger partial charge in [0.25, 0.3) is 0 Å². The van der Waals surface area contributed by atoms with Gasteiger partial charge >= 0.3 is 11.9 Å². The first-order valence-electron chi connectivity index (χ1n) is 7.58. The van der Waals surface area contributed by atoms with E-state index in [1.165, 1.54) is 14.2 Å². The Morgan fingerprint density at radius 3 is 2.26 bits per heavy atom. The molecular formula is C17H13Br2N3O4S. The van der Waals surface area contributed by atoms with Gasteiger partial charge in [0.15, 0.2) is 5.16 Å². The lowest BCUT2D eigenvalue weighted by Crippen LogP contribution is -2.29. The highest BCUT2D eigenvalue weighted by molar-refractivity contribution is 9.10. The fourth-order valence-corrected chi connectivity index (χ4v) is 4.49. The zero-order chi connectivity index (χ0) is 19.6. The third-order valence-corrected chi connectivity index (χ3v) is 6.04. The van der Waals surface area contributed by atoms with Crippen molar-refractivity contribution >= 4 is 66.3 Å². The molecule has 3 aromatic rings. The van der Waals surface area contributed by atoms with Crippen LogP contribution in [0.25, 0.3) is 16.5 Å². The zero-order valence-corrected chi connectivity index (χ0v) is 18.2. The van der Waals surface area contributed by atoms with Crippen molar-refractivity contribution in [1.82, 2.24) is 14.8 Å². The van der Waals surface area contributed by atoms with E-state index in [0.29, 0.717) is 9.89 Å². The number of carbonyl (C=O) groups excluding carboxylic acids is 2. The Kier molecular flexibility index (Phi) is 6.18. The summed E-state index contributed by atoms with van der Waals surface area (Å²) in [5.74, 6) is -1.45. The van der Waals surface area contributed by atoms with E-state index in [9.17, 15) is 9.59 Å². The number of ether oxygens (including phenoxy) is 2. The Balaban J connectivity index is 2.12. The molecule has 0 aliphatic carbocycles. The van der Waals surface area contributed by atoms with Crippen LogP contribution >= 0.6 is 43.6 Å². The summed E-state index contributed by atoms with van der Waals surface area (Å²) in [7, 11) is 2.42. The van der Waals surface area contributed by atoms with E-state index < -0.39 is 17.2 Å². The minimum atomic E-state index is -1.21. The SMILES string of the molecule is COC(=O)C(Sc1nnc(Br)n1-c1ccc(Br)c2ccccc12)C(=O)OC. The van der Waals surface area contributed by atoms with Crippen LogP contribution in [0, 0.1) is 0 Å². The highest BCUT2D eigenvalue weighted by Crippen LogP contribution is 2.34. The lowest BCUT2D eigenvalue weighted by atomic mass is 10.1. The number of thioether (sulfide) groups is 1. The van der Waals surface area contributed by atoms with Crippen molar-refractivity contribution in [2.45, 2.75) is 10.4 Å². The van der Waals surface area contributed by atoms with Crippen LogP contribution in [0.2, 0.25) is 0 Å². The van der Waals surface area contributed by atoms with Gasteiger partial charge in [-0.15, -0.1) is 10.2 Å². The molecule has 0 aliphatic rings. The quantitative estimate of drug-likeness (QED) is 0.291. The van der Waals surface area contributed by atoms with Crippen LogP contribution in [-0.4, -0.2) is 46.2 Å². The minimum absolute atomic E-state index is 0.343. The van der Waals surface area contributed by atoms with Gasteiger partial charge in [0.2, 0.25) is 9.98 Å². The summed E-state index contributed by atoms with van der Waals surface area (Å²) in [5, 5.41) is 9.22. The molecule has 1 heterocycles. The molecule has 0 bridgehead atoms. The van der Waals surface area contributed by atoms with Gasteiger partial charge in [-0.1, -0.05) is 52.0 Å². The van der Waals surface area contributed by atoms with Gasteiger partial charge in [0.1, 0.15) is 0 Å². The number of benzene rings is 2. The number of fused-ring (bicyclic) bond motifs is 1. The van der Waals surface area contributed by atoms with Crippen LogP contribution < -0.4 is 0 Å². The third kappa shape index (κ3) is 3.87. The maximum Gasteiger partial charge on any atom is 0.330 e. The second-order valence-corrected chi connectivity index (χ2v) is 7.88. The third-order valence-electron chi connectivity index (χ3n) is 3.74. The van der Waals surface area contributed by atoms with Crippen LogP contribution in [0.4, 0.5) is 0 Å². The Morgan fingerprint density at radius 2 is 1.63 bits per heavy atom. The van der Waals surface area contributed by atoms with Crippen molar-refractivity contribution in [2.24, 2.45) is 0 Å². The average molecular weight is 515 g/mol. The predicted molar refractivity (Wildman–Crippen MR) is 108 cm³/mol. The molecule has 3 rings (SSSR count). The maximum atomic E-state index is 12.0. The van der Waals surface area contributed by atoms with Crippen LogP contribution in [0.3, 0.4) is 0 Å². The van der Waals surface area contributed by atoms with E-state index in [-0.39, 0.29) is 0 Å². The number of esters is 2. The van der Waals surface area contributed by atoms with Gasteiger partial charge in [0, 0.05) is 9.86 Å². The zero-order valence-electron chi connectivity index (χ0n) is 14.2. The first kappa shape index (κ1) is 19.8. The van der Waals surface area contributed by atoms with Crippen molar-refractivity contribution in [1.29, 1.82) is 0 Å². The fraction of sp³-hybridized carbons (Fsp3) is 0.176. The van der Waals surface area contributed by atoms with Crippen molar-refractivity contribution in [3.63, 3.8) is 0 Å². The summed E-state index contributed by atoms with van der Waals surface area (Å²) < 4.78 is 12.5. The van der Waals surface area contributed by atoms with Gasteiger partial charge < -0.3 is 9.47 Å². The Morgan fingerprint density at radius 1 is 1.00 bits per heavy atom. The summed E-state index contributed by atoms with van der Waals surface area (Å²) in [6, 6.07) is 11.6. The van der Waals surface area contributed by atoms with E-state index >= 15 is 0 Å². The normalized spacial score (nSPS) is 11.0. The first-order chi connectivity index (χ1) is 13.0. The number of carbonyl (C=O) groups is 2. The molecule has 1 aromatic heterocycles. The Labute approximate surface area is 175 Å². The van der Waals surface area contributed by atoms with E-state index in [1.807, 2.05) is 36.4 Å². The molecule has 0 fully saturated rings. The smallest absolute Gasteiger partial charge is 0.330 e. The standard InChI is InChI=1S/C17H13Br2N3O4S/c1-25-14(23)13(15(24)26-2)27-17-21-20-16(19)22(17)12-8-7-11(18)9-5-3-4-6-10(9)12/h3-8,13H,1-2H3. The number of halogens is 2. The summed E-state index contributed by atoms with van der Waals surface area (Å²) in [5.41, 5.74) is 0.793. The van der Waals surface area contributed by atoms with Crippen LogP contribution in [-0.2, 0) is 19.1 Å². The van der Waals surface area contributed by atoms with E-state index in [2.05, 4.69) is 42.1 Å². The maximum absolute atomic E-state index is 12.0. The minimum Gasteiger partial charge on any atom is -0.468 e. The van der Waals surface area contributed by atoms with Crippen LogP contribution in [0.5, 0.6) is 0 Å². The molecular weight excluding hydrogens is 502 g/mol. The lowest BCUT2D eigenvalue weighted by Gasteiger charge is -2.14. The van der Waals surface area contributed by atoms with Crippen molar-refractivity contribution < 1.29 is 19.1 Å². The molecule has 0 atom stereocenters. The molecule has 10 heteroatoms. The van der Waals surface area contributed by atoms with E-state index in [4.69, 9.17) is 9.47 Å². The second kappa shape index (κ2) is 8.41. The van der Waals surface area contributed by atoms with Gasteiger partial charge in [-0.05, 0) is 33.4 Å². The average Bonchev–Trinajstić information content (AvgIpc) is 3.05. The van der Waals surface area contributed by atoms with Gasteiger partial charge in [-0.2, -0.15) is 0 Å². The summed E-state index contributed by atoms with van der Waals surface area (Å²) >= 11 is 7.84. The number of nitrogens with zero attached hydrogens (tertiary/aromatic N) is 3. The molecule has 2 aromatic carbocycles. The molecule has 0 spiro atoms. The second-order valence-electron chi connectivity index (χ2n) is 5.24. The molecule has 0 unspecified atom stereocenters.